The van der Waals surface area contributed by atoms with Crippen molar-refractivity contribution < 1.29 is 10.0 Å². The Bertz CT molecular complexity index is 510. The zero-order chi connectivity index (χ0) is 14.5. The molecule has 0 atom stereocenters. The molecule has 6 heteroatoms. The van der Waals surface area contributed by atoms with E-state index in [1.807, 2.05) is 11.0 Å². The number of amidine groups is 1. The SMILES string of the molecule is CN(C(=O)N1CCCCC1)c1cccc(C(N)=NO)c1. The second-order valence-electron chi connectivity index (χ2n) is 4.92. The summed E-state index contributed by atoms with van der Waals surface area (Å²) in [7, 11) is 1.74. The third kappa shape index (κ3) is 3.01. The Balaban J connectivity index is 2.15. The fraction of sp³-hybridized carbons (Fsp3) is 0.429. The molecule has 0 spiro atoms. The summed E-state index contributed by atoms with van der Waals surface area (Å²) in [5, 5.41) is 11.7. The van der Waals surface area contributed by atoms with Gasteiger partial charge in [0.2, 0.25) is 0 Å². The second kappa shape index (κ2) is 6.27. The maximum absolute atomic E-state index is 12.4. The predicted octanol–water partition coefficient (Wildman–Crippen LogP) is 1.82. The summed E-state index contributed by atoms with van der Waals surface area (Å²) in [4.78, 5) is 15.8. The van der Waals surface area contributed by atoms with Crippen molar-refractivity contribution in [2.45, 2.75) is 19.3 Å². The molecule has 108 valence electrons. The van der Waals surface area contributed by atoms with E-state index in [2.05, 4.69) is 5.16 Å². The van der Waals surface area contributed by atoms with Gasteiger partial charge in [0.25, 0.3) is 0 Å². The van der Waals surface area contributed by atoms with Crippen LogP contribution in [0.15, 0.2) is 29.4 Å². The lowest BCUT2D eigenvalue weighted by molar-refractivity contribution is 0.194. The lowest BCUT2D eigenvalue weighted by Gasteiger charge is -2.31. The minimum absolute atomic E-state index is 0.0126. The highest BCUT2D eigenvalue weighted by atomic mass is 16.4. The van der Waals surface area contributed by atoms with Gasteiger partial charge in [0, 0.05) is 31.4 Å². The minimum Gasteiger partial charge on any atom is -0.409 e. The first kappa shape index (κ1) is 14.2. The molecule has 6 nitrogen and oxygen atoms in total. The number of hydrogen-bond acceptors (Lipinski definition) is 3. The quantitative estimate of drug-likeness (QED) is 0.374. The maximum Gasteiger partial charge on any atom is 0.324 e. The first-order valence-corrected chi connectivity index (χ1v) is 6.74. The number of oxime groups is 1. The molecule has 0 bridgehead atoms. The number of nitrogens with zero attached hydrogens (tertiary/aromatic N) is 3. The zero-order valence-electron chi connectivity index (χ0n) is 11.6. The highest BCUT2D eigenvalue weighted by molar-refractivity contribution is 5.99. The number of rotatable bonds is 2. The normalized spacial score (nSPS) is 16.1. The van der Waals surface area contributed by atoms with Crippen LogP contribution in [-0.4, -0.2) is 42.1 Å². The molecule has 1 aromatic rings. The molecule has 1 heterocycles. The summed E-state index contributed by atoms with van der Waals surface area (Å²) in [6.07, 6.45) is 3.31. The Labute approximate surface area is 118 Å². The predicted molar refractivity (Wildman–Crippen MR) is 78.2 cm³/mol. The largest absolute Gasteiger partial charge is 0.409 e. The Hall–Kier alpha value is -2.24. The van der Waals surface area contributed by atoms with E-state index in [9.17, 15) is 4.79 Å². The molecule has 2 amide bonds. The van der Waals surface area contributed by atoms with E-state index in [1.165, 1.54) is 6.42 Å². The molecule has 1 fully saturated rings. The van der Waals surface area contributed by atoms with Gasteiger partial charge in [0.15, 0.2) is 5.84 Å². The van der Waals surface area contributed by atoms with Gasteiger partial charge in [-0.25, -0.2) is 4.79 Å². The zero-order valence-corrected chi connectivity index (χ0v) is 11.6. The molecular formula is C14H20N4O2. The molecule has 0 saturated carbocycles. The minimum atomic E-state index is -0.0126. The molecule has 0 radical (unpaired) electrons. The van der Waals surface area contributed by atoms with Gasteiger partial charge in [-0.05, 0) is 31.4 Å². The van der Waals surface area contributed by atoms with Crippen molar-refractivity contribution in [3.63, 3.8) is 0 Å². The third-order valence-electron chi connectivity index (χ3n) is 3.55. The molecule has 0 aromatic heterocycles. The number of carbonyl (C=O) groups excluding carboxylic acids is 1. The number of piperidine rings is 1. The molecule has 2 rings (SSSR count). The lowest BCUT2D eigenvalue weighted by Crippen LogP contribution is -2.43. The monoisotopic (exact) mass is 276 g/mol. The molecule has 1 aromatic carbocycles. The van der Waals surface area contributed by atoms with Crippen molar-refractivity contribution in [2.24, 2.45) is 10.9 Å². The van der Waals surface area contributed by atoms with Crippen LogP contribution in [0.25, 0.3) is 0 Å². The topological polar surface area (TPSA) is 82.2 Å². The van der Waals surface area contributed by atoms with Crippen LogP contribution in [0.3, 0.4) is 0 Å². The van der Waals surface area contributed by atoms with Gasteiger partial charge in [-0.2, -0.15) is 0 Å². The van der Waals surface area contributed by atoms with E-state index in [4.69, 9.17) is 10.9 Å². The highest BCUT2D eigenvalue weighted by Gasteiger charge is 2.21. The molecule has 1 aliphatic rings. The molecule has 3 N–H and O–H groups in total. The van der Waals surface area contributed by atoms with Crippen molar-refractivity contribution >= 4 is 17.6 Å². The average molecular weight is 276 g/mol. The van der Waals surface area contributed by atoms with Gasteiger partial charge >= 0.3 is 6.03 Å². The smallest absolute Gasteiger partial charge is 0.324 e. The van der Waals surface area contributed by atoms with Gasteiger partial charge in [-0.15, -0.1) is 0 Å². The van der Waals surface area contributed by atoms with Crippen LogP contribution >= 0.6 is 0 Å². The van der Waals surface area contributed by atoms with E-state index in [0.29, 0.717) is 5.56 Å². The molecular weight excluding hydrogens is 256 g/mol. The molecule has 20 heavy (non-hydrogen) atoms. The van der Waals surface area contributed by atoms with E-state index in [0.717, 1.165) is 31.6 Å². The summed E-state index contributed by atoms with van der Waals surface area (Å²) in [5.41, 5.74) is 6.88. The van der Waals surface area contributed by atoms with E-state index in [-0.39, 0.29) is 11.9 Å². The number of anilines is 1. The van der Waals surface area contributed by atoms with Crippen LogP contribution in [0.4, 0.5) is 10.5 Å². The summed E-state index contributed by atoms with van der Waals surface area (Å²) in [5.74, 6) is 0.0330. The number of carbonyl (C=O) groups is 1. The number of amides is 2. The van der Waals surface area contributed by atoms with Crippen LogP contribution in [0.1, 0.15) is 24.8 Å². The van der Waals surface area contributed by atoms with Gasteiger partial charge in [-0.3, -0.25) is 4.90 Å². The summed E-state index contributed by atoms with van der Waals surface area (Å²) >= 11 is 0. The fourth-order valence-corrected chi connectivity index (χ4v) is 2.34. The van der Waals surface area contributed by atoms with Crippen LogP contribution in [-0.2, 0) is 0 Å². The van der Waals surface area contributed by atoms with E-state index in [1.54, 1.807) is 30.1 Å². The highest BCUT2D eigenvalue weighted by Crippen LogP contribution is 2.18. The average Bonchev–Trinajstić information content (AvgIpc) is 2.53. The van der Waals surface area contributed by atoms with Crippen molar-refractivity contribution in [3.05, 3.63) is 29.8 Å². The Kier molecular flexibility index (Phi) is 4.45. The van der Waals surface area contributed by atoms with Crippen molar-refractivity contribution in [2.75, 3.05) is 25.0 Å². The Morgan fingerprint density at radius 3 is 2.70 bits per heavy atom. The number of hydrogen-bond donors (Lipinski definition) is 2. The number of likely N-dealkylation sites (tertiary alicyclic amines) is 1. The third-order valence-corrected chi connectivity index (χ3v) is 3.55. The molecule has 1 aliphatic heterocycles. The molecule has 0 aliphatic carbocycles. The van der Waals surface area contributed by atoms with Crippen LogP contribution in [0, 0.1) is 0 Å². The van der Waals surface area contributed by atoms with Gasteiger partial charge in [0.1, 0.15) is 0 Å². The standard InChI is InChI=1S/C14H20N4O2/c1-17(14(19)18-8-3-2-4-9-18)12-7-5-6-11(10-12)13(15)16-20/h5-7,10,20H,2-4,8-9H2,1H3,(H2,15,16). The number of urea groups is 1. The van der Waals surface area contributed by atoms with Crippen LogP contribution in [0.2, 0.25) is 0 Å². The van der Waals surface area contributed by atoms with Crippen LogP contribution < -0.4 is 10.6 Å². The summed E-state index contributed by atoms with van der Waals surface area (Å²) in [6.45, 7) is 1.62. The lowest BCUT2D eigenvalue weighted by atomic mass is 10.1. The van der Waals surface area contributed by atoms with Gasteiger partial charge in [0.05, 0.1) is 0 Å². The number of nitrogens with two attached hydrogens (primary N) is 1. The van der Waals surface area contributed by atoms with Crippen LogP contribution in [0.5, 0.6) is 0 Å². The van der Waals surface area contributed by atoms with Crippen molar-refractivity contribution in [1.82, 2.24) is 4.90 Å². The maximum atomic E-state index is 12.4. The Morgan fingerprint density at radius 2 is 2.05 bits per heavy atom. The van der Waals surface area contributed by atoms with E-state index >= 15 is 0 Å². The molecule has 1 saturated heterocycles. The van der Waals surface area contributed by atoms with Crippen molar-refractivity contribution in [1.29, 1.82) is 0 Å². The fourth-order valence-electron chi connectivity index (χ4n) is 2.34. The first-order valence-electron chi connectivity index (χ1n) is 6.74. The number of benzene rings is 1. The summed E-state index contributed by atoms with van der Waals surface area (Å²) in [6, 6.07) is 7.06. The second-order valence-corrected chi connectivity index (χ2v) is 4.92. The van der Waals surface area contributed by atoms with Gasteiger partial charge in [-0.1, -0.05) is 17.3 Å². The Morgan fingerprint density at radius 1 is 1.35 bits per heavy atom. The van der Waals surface area contributed by atoms with Crippen molar-refractivity contribution in [3.8, 4) is 0 Å². The van der Waals surface area contributed by atoms with Gasteiger partial charge < -0.3 is 15.8 Å². The van der Waals surface area contributed by atoms with E-state index < -0.39 is 0 Å². The summed E-state index contributed by atoms with van der Waals surface area (Å²) < 4.78 is 0. The first-order chi connectivity index (χ1) is 9.63. The molecule has 0 unspecified atom stereocenters.